The van der Waals surface area contributed by atoms with Gasteiger partial charge in [-0.25, -0.2) is 9.97 Å². The summed E-state index contributed by atoms with van der Waals surface area (Å²) in [4.78, 5) is 11.2. The van der Waals surface area contributed by atoms with Gasteiger partial charge in [0.2, 0.25) is 5.95 Å². The summed E-state index contributed by atoms with van der Waals surface area (Å²) in [5.41, 5.74) is 12.1. The van der Waals surface area contributed by atoms with Crippen LogP contribution < -0.4 is 10.5 Å². The molecule has 7 nitrogen and oxygen atoms in total. The highest BCUT2D eigenvalue weighted by Gasteiger charge is 2.26. The topological polar surface area (TPSA) is 93.0 Å². The molecule has 1 aliphatic heterocycles. The lowest BCUT2D eigenvalue weighted by Crippen LogP contribution is -2.16. The van der Waals surface area contributed by atoms with Crippen LogP contribution in [0, 0.1) is 6.92 Å². The molecule has 0 spiro atoms. The molecule has 7 heteroatoms. The average molecular weight is 336 g/mol. The number of anilines is 1. The number of aryl methyl sites for hydroxylation is 1. The molecule has 1 aliphatic rings. The van der Waals surface area contributed by atoms with Gasteiger partial charge in [0, 0.05) is 36.5 Å². The lowest BCUT2D eigenvalue weighted by molar-refractivity contribution is 0.270. The molecule has 0 radical (unpaired) electrons. The molecule has 2 aromatic heterocycles. The normalized spacial score (nSPS) is 13.8. The van der Waals surface area contributed by atoms with Gasteiger partial charge in [-0.05, 0) is 37.3 Å². The Morgan fingerprint density at radius 2 is 2.00 bits per heavy atom. The summed E-state index contributed by atoms with van der Waals surface area (Å²) in [6, 6.07) is 9.92. The minimum absolute atomic E-state index is 0.307. The number of nitrogens with one attached hydrogen (secondary N) is 1. The largest absolute Gasteiger partial charge is 0.497 e. The Balaban J connectivity index is 1.63. The van der Waals surface area contributed by atoms with Crippen molar-refractivity contribution in [1.82, 2.24) is 25.1 Å². The second kappa shape index (κ2) is 6.18. The summed E-state index contributed by atoms with van der Waals surface area (Å²) in [6.07, 6.45) is 0. The van der Waals surface area contributed by atoms with E-state index >= 15 is 0 Å². The van der Waals surface area contributed by atoms with Crippen LogP contribution in [0.15, 0.2) is 30.3 Å². The molecule has 3 N–H and O–H groups in total. The third kappa shape index (κ3) is 3.06. The Hall–Kier alpha value is -2.93. The van der Waals surface area contributed by atoms with Crippen molar-refractivity contribution in [3.8, 4) is 17.0 Å². The molecule has 4 rings (SSSR count). The fraction of sp³-hybridized carbons (Fsp3) is 0.278. The number of benzene rings is 1. The van der Waals surface area contributed by atoms with Crippen molar-refractivity contribution in [3.63, 3.8) is 0 Å². The fourth-order valence-electron chi connectivity index (χ4n) is 3.22. The van der Waals surface area contributed by atoms with Crippen LogP contribution in [0.2, 0.25) is 0 Å². The van der Waals surface area contributed by atoms with Gasteiger partial charge in [-0.15, -0.1) is 0 Å². The van der Waals surface area contributed by atoms with E-state index in [9.17, 15) is 0 Å². The number of H-pyrrole nitrogens is 1. The molecule has 0 atom stereocenters. The van der Waals surface area contributed by atoms with Crippen molar-refractivity contribution in [2.24, 2.45) is 0 Å². The van der Waals surface area contributed by atoms with Crippen LogP contribution in [0.25, 0.3) is 11.3 Å². The summed E-state index contributed by atoms with van der Waals surface area (Å²) < 4.78 is 5.23. The number of aromatic nitrogens is 4. The Bertz CT molecular complexity index is 902. The van der Waals surface area contributed by atoms with Gasteiger partial charge in [-0.2, -0.15) is 5.10 Å². The number of nitrogens with two attached hydrogens (primary N) is 1. The maximum atomic E-state index is 5.94. The number of fused-ring (bicyclic) bond motifs is 1. The zero-order valence-corrected chi connectivity index (χ0v) is 14.3. The summed E-state index contributed by atoms with van der Waals surface area (Å²) in [6.45, 7) is 4.30. The predicted octanol–water partition coefficient (Wildman–Crippen LogP) is 2.28. The second-order valence-corrected chi connectivity index (χ2v) is 6.27. The molecule has 3 aromatic rings. The van der Waals surface area contributed by atoms with Gasteiger partial charge in [0.25, 0.3) is 0 Å². The third-order valence-electron chi connectivity index (χ3n) is 4.37. The molecule has 0 saturated heterocycles. The standard InChI is InChI=1S/C18H20N6O/c1-11-7-13(23-22-11)8-24-9-15-16(10-24)20-18(19)21-17(15)12-3-5-14(25-2)6-4-12/h3-7H,8-10H2,1-2H3,(H,22,23)(H2,19,20,21). The van der Waals surface area contributed by atoms with E-state index in [1.54, 1.807) is 7.11 Å². The fourth-order valence-corrected chi connectivity index (χ4v) is 3.22. The van der Waals surface area contributed by atoms with Gasteiger partial charge in [0.05, 0.1) is 24.2 Å². The molecular formula is C18H20N6O. The van der Waals surface area contributed by atoms with Gasteiger partial charge in [0.15, 0.2) is 0 Å². The molecule has 25 heavy (non-hydrogen) atoms. The Kier molecular flexibility index (Phi) is 3.85. The lowest BCUT2D eigenvalue weighted by Gasteiger charge is -2.12. The number of hydrogen-bond acceptors (Lipinski definition) is 6. The van der Waals surface area contributed by atoms with Gasteiger partial charge in [-0.1, -0.05) is 0 Å². The molecule has 0 saturated carbocycles. The van der Waals surface area contributed by atoms with Crippen LogP contribution in [0.3, 0.4) is 0 Å². The number of ether oxygens (including phenoxy) is 1. The monoisotopic (exact) mass is 336 g/mol. The number of nitrogens with zero attached hydrogens (tertiary/aromatic N) is 4. The third-order valence-corrected chi connectivity index (χ3v) is 4.37. The zero-order valence-electron chi connectivity index (χ0n) is 14.3. The lowest BCUT2D eigenvalue weighted by atomic mass is 10.1. The molecule has 0 fully saturated rings. The van der Waals surface area contributed by atoms with E-state index in [0.29, 0.717) is 5.95 Å². The van der Waals surface area contributed by atoms with Crippen molar-refractivity contribution in [2.75, 3.05) is 12.8 Å². The Labute approximate surface area is 145 Å². The molecule has 0 bridgehead atoms. The second-order valence-electron chi connectivity index (χ2n) is 6.27. The van der Waals surface area contributed by atoms with Crippen LogP contribution in [0.1, 0.15) is 22.6 Å². The van der Waals surface area contributed by atoms with Crippen LogP contribution in [0.5, 0.6) is 5.75 Å². The van der Waals surface area contributed by atoms with Gasteiger partial charge >= 0.3 is 0 Å². The molecule has 1 aromatic carbocycles. The van der Waals surface area contributed by atoms with Crippen molar-refractivity contribution < 1.29 is 4.74 Å². The van der Waals surface area contributed by atoms with E-state index in [0.717, 1.165) is 59.3 Å². The van der Waals surface area contributed by atoms with Crippen LogP contribution in [0.4, 0.5) is 5.95 Å². The minimum Gasteiger partial charge on any atom is -0.497 e. The zero-order chi connectivity index (χ0) is 17.4. The van der Waals surface area contributed by atoms with E-state index in [4.69, 9.17) is 10.5 Å². The number of hydrogen-bond donors (Lipinski definition) is 2. The molecule has 3 heterocycles. The number of nitrogen functional groups attached to an aromatic ring is 1. The minimum atomic E-state index is 0.307. The summed E-state index contributed by atoms with van der Waals surface area (Å²) in [5.74, 6) is 1.12. The smallest absolute Gasteiger partial charge is 0.220 e. The summed E-state index contributed by atoms with van der Waals surface area (Å²) >= 11 is 0. The van der Waals surface area contributed by atoms with E-state index < -0.39 is 0 Å². The Morgan fingerprint density at radius 1 is 1.20 bits per heavy atom. The highest BCUT2D eigenvalue weighted by molar-refractivity contribution is 5.66. The number of rotatable bonds is 4. The average Bonchev–Trinajstić information content (AvgIpc) is 3.20. The molecule has 128 valence electrons. The molecule has 0 unspecified atom stereocenters. The first-order valence-electron chi connectivity index (χ1n) is 8.15. The Morgan fingerprint density at radius 3 is 2.68 bits per heavy atom. The molecular weight excluding hydrogens is 316 g/mol. The SMILES string of the molecule is COc1ccc(-c2nc(N)nc3c2CN(Cc2cc(C)[nH]n2)C3)cc1. The highest BCUT2D eigenvalue weighted by atomic mass is 16.5. The van der Waals surface area contributed by atoms with Crippen molar-refractivity contribution in [3.05, 3.63) is 53.0 Å². The van der Waals surface area contributed by atoms with E-state index in [2.05, 4.69) is 31.1 Å². The van der Waals surface area contributed by atoms with Gasteiger partial charge in [-0.3, -0.25) is 10.00 Å². The van der Waals surface area contributed by atoms with Gasteiger partial charge in [0.1, 0.15) is 5.75 Å². The molecule has 0 amide bonds. The maximum absolute atomic E-state index is 5.94. The summed E-state index contributed by atoms with van der Waals surface area (Å²) in [7, 11) is 1.66. The maximum Gasteiger partial charge on any atom is 0.220 e. The van der Waals surface area contributed by atoms with E-state index in [1.807, 2.05) is 31.2 Å². The van der Waals surface area contributed by atoms with Crippen LogP contribution >= 0.6 is 0 Å². The number of methoxy groups -OCH3 is 1. The van der Waals surface area contributed by atoms with Gasteiger partial charge < -0.3 is 10.5 Å². The quantitative estimate of drug-likeness (QED) is 0.759. The first kappa shape index (κ1) is 15.6. The number of aromatic amines is 1. The predicted molar refractivity (Wildman–Crippen MR) is 94.7 cm³/mol. The highest BCUT2D eigenvalue weighted by Crippen LogP contribution is 2.32. The van der Waals surface area contributed by atoms with Crippen molar-refractivity contribution in [1.29, 1.82) is 0 Å². The first-order chi connectivity index (χ1) is 12.1. The van der Waals surface area contributed by atoms with Crippen LogP contribution in [-0.2, 0) is 19.6 Å². The first-order valence-corrected chi connectivity index (χ1v) is 8.15. The van der Waals surface area contributed by atoms with E-state index in [-0.39, 0.29) is 0 Å². The summed E-state index contributed by atoms with van der Waals surface area (Å²) in [5, 5.41) is 7.30. The van der Waals surface area contributed by atoms with Crippen LogP contribution in [-0.4, -0.2) is 32.2 Å². The van der Waals surface area contributed by atoms with E-state index in [1.165, 1.54) is 0 Å². The van der Waals surface area contributed by atoms with Crippen molar-refractivity contribution >= 4 is 5.95 Å². The molecule has 0 aliphatic carbocycles. The van der Waals surface area contributed by atoms with Crippen molar-refractivity contribution in [2.45, 2.75) is 26.6 Å².